The van der Waals surface area contributed by atoms with Crippen LogP contribution in [0.4, 0.5) is 4.39 Å². The van der Waals surface area contributed by atoms with Crippen LogP contribution in [-0.4, -0.2) is 40.8 Å². The first-order chi connectivity index (χ1) is 15.6. The number of rotatable bonds is 7. The first-order valence-corrected chi connectivity index (χ1v) is 10.9. The van der Waals surface area contributed by atoms with E-state index >= 15 is 0 Å². The fourth-order valence-electron chi connectivity index (χ4n) is 4.09. The lowest BCUT2D eigenvalue weighted by molar-refractivity contribution is -0.143. The molecule has 6 heteroatoms. The Kier molecular flexibility index (Phi) is 6.90. The van der Waals surface area contributed by atoms with Crippen LogP contribution in [0, 0.1) is 5.82 Å². The summed E-state index contributed by atoms with van der Waals surface area (Å²) in [7, 11) is 0. The zero-order valence-electron chi connectivity index (χ0n) is 17.8. The third-order valence-electron chi connectivity index (χ3n) is 5.77. The van der Waals surface area contributed by atoms with Crippen molar-refractivity contribution in [2.75, 3.05) is 13.1 Å². The molecule has 2 aromatic carbocycles. The zero-order chi connectivity index (χ0) is 22.3. The van der Waals surface area contributed by atoms with E-state index in [1.54, 1.807) is 23.2 Å². The summed E-state index contributed by atoms with van der Waals surface area (Å²) in [5.41, 5.74) is 4.04. The van der Waals surface area contributed by atoms with Crippen LogP contribution in [0.1, 0.15) is 24.0 Å². The molecule has 0 bridgehead atoms. The smallest absolute Gasteiger partial charge is 0.243 e. The average Bonchev–Trinajstić information content (AvgIpc) is 2.82. The van der Waals surface area contributed by atoms with Crippen LogP contribution in [0.2, 0.25) is 0 Å². The summed E-state index contributed by atoms with van der Waals surface area (Å²) in [6.45, 7) is 0.975. The highest BCUT2D eigenvalue weighted by Crippen LogP contribution is 2.22. The summed E-state index contributed by atoms with van der Waals surface area (Å²) in [5.74, 6) is -0.398. The Labute approximate surface area is 187 Å². The summed E-state index contributed by atoms with van der Waals surface area (Å²) in [6.07, 6.45) is 5.72. The molecule has 1 saturated heterocycles. The lowest BCUT2D eigenvalue weighted by atomic mass is 9.98. The second kappa shape index (κ2) is 10.2. The number of aromatic nitrogens is 1. The van der Waals surface area contributed by atoms with Crippen LogP contribution < -0.4 is 5.32 Å². The number of aryl methyl sites for hydroxylation is 1. The van der Waals surface area contributed by atoms with Gasteiger partial charge in [-0.2, -0.15) is 0 Å². The number of nitrogens with zero attached hydrogens (tertiary/aromatic N) is 2. The van der Waals surface area contributed by atoms with Gasteiger partial charge in [0.05, 0.1) is 0 Å². The molecule has 3 aromatic rings. The van der Waals surface area contributed by atoms with Gasteiger partial charge >= 0.3 is 0 Å². The largest absolute Gasteiger partial charge is 0.353 e. The van der Waals surface area contributed by atoms with Crippen molar-refractivity contribution in [1.29, 1.82) is 0 Å². The molecule has 1 unspecified atom stereocenters. The molecule has 2 amide bonds. The molecular weight excluding hydrogens is 405 g/mol. The van der Waals surface area contributed by atoms with E-state index in [1.165, 1.54) is 12.1 Å². The minimum absolute atomic E-state index is 0.0182. The molecule has 0 spiro atoms. The summed E-state index contributed by atoms with van der Waals surface area (Å²) in [4.78, 5) is 31.5. The lowest BCUT2D eigenvalue weighted by Gasteiger charge is -2.35. The fraction of sp³-hybridized carbons (Fsp3) is 0.269. The molecule has 1 aliphatic rings. The fourth-order valence-corrected chi connectivity index (χ4v) is 4.09. The summed E-state index contributed by atoms with van der Waals surface area (Å²) in [6, 6.07) is 17.7. The monoisotopic (exact) mass is 431 g/mol. The first kappa shape index (κ1) is 21.7. The molecule has 32 heavy (non-hydrogen) atoms. The van der Waals surface area contributed by atoms with Gasteiger partial charge in [0.25, 0.3) is 0 Å². The van der Waals surface area contributed by atoms with Gasteiger partial charge in [-0.3, -0.25) is 14.6 Å². The van der Waals surface area contributed by atoms with E-state index in [1.807, 2.05) is 36.5 Å². The van der Waals surface area contributed by atoms with E-state index < -0.39 is 6.04 Å². The van der Waals surface area contributed by atoms with Crippen LogP contribution >= 0.6 is 0 Å². The van der Waals surface area contributed by atoms with Crippen LogP contribution in [0.5, 0.6) is 0 Å². The Hall–Kier alpha value is -3.54. The summed E-state index contributed by atoms with van der Waals surface area (Å²) >= 11 is 0. The number of piperazine rings is 1. The topological polar surface area (TPSA) is 62.3 Å². The minimum atomic E-state index is -0.522. The average molecular weight is 432 g/mol. The Morgan fingerprint density at radius 1 is 1.06 bits per heavy atom. The molecular formula is C26H26FN3O2. The van der Waals surface area contributed by atoms with Crippen molar-refractivity contribution in [1.82, 2.24) is 15.2 Å². The number of hydrogen-bond acceptors (Lipinski definition) is 3. The third kappa shape index (κ3) is 5.38. The highest BCUT2D eigenvalue weighted by molar-refractivity contribution is 5.89. The molecule has 5 nitrogen and oxygen atoms in total. The Balaban J connectivity index is 1.41. The highest BCUT2D eigenvalue weighted by Gasteiger charge is 2.32. The number of halogens is 1. The van der Waals surface area contributed by atoms with Crippen molar-refractivity contribution < 1.29 is 14.0 Å². The van der Waals surface area contributed by atoms with Gasteiger partial charge in [0.15, 0.2) is 0 Å². The SMILES string of the molecule is O=C1NCCN(C(=O)CCCc2ccc(F)cc2)C1Cc1cccc(-c2cccnc2)c1. The Bertz CT molecular complexity index is 1070. The zero-order valence-corrected chi connectivity index (χ0v) is 17.8. The predicted molar refractivity (Wildman–Crippen MR) is 121 cm³/mol. The molecule has 1 atom stereocenters. The molecule has 1 N–H and O–H groups in total. The number of carbonyl (C=O) groups excluding carboxylic acids is 2. The van der Waals surface area contributed by atoms with Crippen molar-refractivity contribution >= 4 is 11.8 Å². The number of pyridine rings is 1. The van der Waals surface area contributed by atoms with E-state index in [-0.39, 0.29) is 17.6 Å². The van der Waals surface area contributed by atoms with Crippen LogP contribution in [0.15, 0.2) is 73.1 Å². The molecule has 2 heterocycles. The number of benzene rings is 2. The summed E-state index contributed by atoms with van der Waals surface area (Å²) in [5, 5.41) is 2.89. The van der Waals surface area contributed by atoms with Gasteiger partial charge in [0.2, 0.25) is 11.8 Å². The number of hydrogen-bond donors (Lipinski definition) is 1. The van der Waals surface area contributed by atoms with Gasteiger partial charge in [-0.15, -0.1) is 0 Å². The quantitative estimate of drug-likeness (QED) is 0.619. The second-order valence-electron chi connectivity index (χ2n) is 8.02. The lowest BCUT2D eigenvalue weighted by Crippen LogP contribution is -2.58. The second-order valence-corrected chi connectivity index (χ2v) is 8.02. The van der Waals surface area contributed by atoms with E-state index in [4.69, 9.17) is 0 Å². The molecule has 1 fully saturated rings. The highest BCUT2D eigenvalue weighted by atomic mass is 19.1. The van der Waals surface area contributed by atoms with E-state index in [9.17, 15) is 14.0 Å². The van der Waals surface area contributed by atoms with Crippen LogP contribution in [0.25, 0.3) is 11.1 Å². The standard InChI is InChI=1S/C26H26FN3O2/c27-23-11-9-19(10-12-23)4-2-8-25(31)30-15-14-29-26(32)24(30)17-20-5-1-6-21(16-20)22-7-3-13-28-18-22/h1,3,5-7,9-13,16,18,24H,2,4,8,14-15,17H2,(H,29,32). The van der Waals surface area contributed by atoms with Gasteiger partial charge in [-0.1, -0.05) is 42.5 Å². The molecule has 0 aliphatic carbocycles. The van der Waals surface area contributed by atoms with E-state index in [2.05, 4.69) is 16.4 Å². The van der Waals surface area contributed by atoms with Crippen molar-refractivity contribution in [2.45, 2.75) is 31.7 Å². The third-order valence-corrected chi connectivity index (χ3v) is 5.77. The molecule has 164 valence electrons. The maximum atomic E-state index is 13.1. The van der Waals surface area contributed by atoms with Gasteiger partial charge in [-0.25, -0.2) is 4.39 Å². The number of carbonyl (C=O) groups is 2. The Morgan fingerprint density at radius 3 is 2.66 bits per heavy atom. The maximum Gasteiger partial charge on any atom is 0.243 e. The maximum absolute atomic E-state index is 13.1. The van der Waals surface area contributed by atoms with Crippen LogP contribution in [0.3, 0.4) is 0 Å². The van der Waals surface area contributed by atoms with Crippen molar-refractivity contribution in [2.24, 2.45) is 0 Å². The van der Waals surface area contributed by atoms with E-state index in [0.29, 0.717) is 38.8 Å². The molecule has 4 rings (SSSR count). The van der Waals surface area contributed by atoms with Crippen molar-refractivity contribution in [3.05, 3.63) is 90.0 Å². The van der Waals surface area contributed by atoms with Gasteiger partial charge in [0, 0.05) is 38.3 Å². The molecule has 1 aliphatic heterocycles. The summed E-state index contributed by atoms with van der Waals surface area (Å²) < 4.78 is 13.1. The minimum Gasteiger partial charge on any atom is -0.353 e. The first-order valence-electron chi connectivity index (χ1n) is 10.9. The van der Waals surface area contributed by atoms with E-state index in [0.717, 1.165) is 22.3 Å². The Morgan fingerprint density at radius 2 is 1.88 bits per heavy atom. The van der Waals surface area contributed by atoms with Gasteiger partial charge < -0.3 is 10.2 Å². The van der Waals surface area contributed by atoms with Crippen molar-refractivity contribution in [3.63, 3.8) is 0 Å². The molecule has 1 aromatic heterocycles. The van der Waals surface area contributed by atoms with Gasteiger partial charge in [-0.05, 0) is 53.3 Å². The number of nitrogens with one attached hydrogen (secondary N) is 1. The van der Waals surface area contributed by atoms with Crippen molar-refractivity contribution in [3.8, 4) is 11.1 Å². The van der Waals surface area contributed by atoms with Crippen LogP contribution in [-0.2, 0) is 22.4 Å². The molecule has 0 radical (unpaired) electrons. The van der Waals surface area contributed by atoms with Gasteiger partial charge in [0.1, 0.15) is 11.9 Å². The molecule has 0 saturated carbocycles. The number of amides is 2. The predicted octanol–water partition coefficient (Wildman–Crippen LogP) is 3.78. The normalized spacial score (nSPS) is 16.0.